The average Bonchev–Trinajstić information content (AvgIpc) is 2.63. The molecule has 1 atom stereocenters. The fourth-order valence-electron chi connectivity index (χ4n) is 2.12. The Morgan fingerprint density at radius 2 is 1.76 bits per heavy atom. The molecular formula is C16H11Cl5N4O3S. The van der Waals surface area contributed by atoms with Crippen LogP contribution in [-0.4, -0.2) is 25.9 Å². The number of carbonyl (C=O) groups excluding carboxylic acids is 1. The van der Waals surface area contributed by atoms with Crippen LogP contribution in [0.2, 0.25) is 10.0 Å². The van der Waals surface area contributed by atoms with E-state index in [0.29, 0.717) is 15.7 Å². The number of nitro groups is 1. The second-order valence-corrected chi connectivity index (χ2v) is 9.07. The van der Waals surface area contributed by atoms with Crippen molar-refractivity contribution in [2.75, 3.05) is 5.32 Å². The molecule has 2 aromatic rings. The number of carbonyl (C=O) groups is 1. The van der Waals surface area contributed by atoms with Crippen molar-refractivity contribution in [3.8, 4) is 0 Å². The Morgan fingerprint density at radius 1 is 1.10 bits per heavy atom. The summed E-state index contributed by atoms with van der Waals surface area (Å²) in [5, 5.41) is 19.6. The zero-order valence-electron chi connectivity index (χ0n) is 14.1. The van der Waals surface area contributed by atoms with Gasteiger partial charge in [-0.2, -0.15) is 0 Å². The highest BCUT2D eigenvalue weighted by molar-refractivity contribution is 7.80. The third-order valence-corrected chi connectivity index (χ3v) is 4.84. The van der Waals surface area contributed by atoms with Gasteiger partial charge in [-0.3, -0.25) is 14.9 Å². The van der Waals surface area contributed by atoms with E-state index in [-0.39, 0.29) is 10.7 Å². The molecule has 154 valence electrons. The summed E-state index contributed by atoms with van der Waals surface area (Å²) in [6, 6.07) is 10.00. The number of anilines is 1. The number of hydrogen-bond donors (Lipinski definition) is 3. The fraction of sp³-hybridized carbons (Fsp3) is 0.125. The summed E-state index contributed by atoms with van der Waals surface area (Å²) in [7, 11) is 0. The van der Waals surface area contributed by atoms with Crippen LogP contribution in [0.5, 0.6) is 0 Å². The van der Waals surface area contributed by atoms with Gasteiger partial charge in [0.2, 0.25) is 3.79 Å². The van der Waals surface area contributed by atoms with Gasteiger partial charge in [0.05, 0.1) is 15.6 Å². The minimum atomic E-state index is -2.05. The van der Waals surface area contributed by atoms with E-state index >= 15 is 0 Å². The molecule has 0 aliphatic heterocycles. The largest absolute Gasteiger partial charge is 0.339 e. The Hall–Kier alpha value is -1.55. The molecule has 0 saturated heterocycles. The Kier molecular flexibility index (Phi) is 8.16. The SMILES string of the molecule is O=C(N[C@@H](NC(=S)Nc1cc(Cl)ccc1Cl)C(Cl)(Cl)Cl)c1ccccc1[N+](=O)[O-]. The zero-order chi connectivity index (χ0) is 21.8. The van der Waals surface area contributed by atoms with Crippen molar-refractivity contribution in [1.82, 2.24) is 10.6 Å². The first kappa shape index (κ1) is 23.7. The number of hydrogen-bond acceptors (Lipinski definition) is 4. The molecule has 0 aromatic heterocycles. The standard InChI is InChI=1S/C16H11Cl5N4O3S/c17-8-5-6-10(18)11(7-8)22-15(29)24-14(16(19,20)21)23-13(26)9-3-1-2-4-12(9)25(27)28/h1-7,14H,(H,23,26)(H2,22,24,29)/t14-/m0/s1. The monoisotopic (exact) mass is 514 g/mol. The van der Waals surface area contributed by atoms with Crippen LogP contribution in [0.1, 0.15) is 10.4 Å². The van der Waals surface area contributed by atoms with Gasteiger partial charge in [0.15, 0.2) is 5.11 Å². The van der Waals surface area contributed by atoms with Crippen LogP contribution in [0.25, 0.3) is 0 Å². The first-order valence-electron chi connectivity index (χ1n) is 7.62. The molecule has 0 aliphatic carbocycles. The van der Waals surface area contributed by atoms with Gasteiger partial charge in [0.1, 0.15) is 11.7 Å². The minimum absolute atomic E-state index is 0.0478. The predicted octanol–water partition coefficient (Wildman–Crippen LogP) is 5.31. The topological polar surface area (TPSA) is 96.3 Å². The molecule has 3 N–H and O–H groups in total. The summed E-state index contributed by atoms with van der Waals surface area (Å²) in [6.45, 7) is 0. The molecule has 2 rings (SSSR count). The van der Waals surface area contributed by atoms with E-state index in [1.54, 1.807) is 12.1 Å². The van der Waals surface area contributed by atoms with Crippen LogP contribution in [0.4, 0.5) is 11.4 Å². The number of nitrogens with one attached hydrogen (secondary N) is 3. The van der Waals surface area contributed by atoms with E-state index in [0.717, 1.165) is 0 Å². The third-order valence-electron chi connectivity index (χ3n) is 3.40. The summed E-state index contributed by atoms with van der Waals surface area (Å²) >= 11 is 34.9. The smallest absolute Gasteiger partial charge is 0.282 e. The molecular weight excluding hydrogens is 506 g/mol. The molecule has 0 aliphatic rings. The van der Waals surface area contributed by atoms with Crippen LogP contribution < -0.4 is 16.0 Å². The van der Waals surface area contributed by atoms with E-state index in [1.165, 1.54) is 30.3 Å². The number of amides is 1. The van der Waals surface area contributed by atoms with Crippen LogP contribution >= 0.6 is 70.2 Å². The van der Waals surface area contributed by atoms with Gasteiger partial charge in [0.25, 0.3) is 11.6 Å². The molecule has 0 unspecified atom stereocenters. The second kappa shape index (κ2) is 9.97. The second-order valence-electron chi connectivity index (χ2n) is 5.44. The number of para-hydroxylation sites is 1. The van der Waals surface area contributed by atoms with Crippen molar-refractivity contribution in [2.24, 2.45) is 0 Å². The number of thiocarbonyl (C=S) groups is 1. The molecule has 0 bridgehead atoms. The van der Waals surface area contributed by atoms with Crippen molar-refractivity contribution in [1.29, 1.82) is 0 Å². The maximum Gasteiger partial charge on any atom is 0.282 e. The third kappa shape index (κ3) is 6.74. The maximum absolute atomic E-state index is 12.5. The molecule has 7 nitrogen and oxygen atoms in total. The van der Waals surface area contributed by atoms with Crippen molar-refractivity contribution in [3.05, 3.63) is 68.2 Å². The molecule has 0 fully saturated rings. The van der Waals surface area contributed by atoms with E-state index in [9.17, 15) is 14.9 Å². The Balaban J connectivity index is 2.18. The van der Waals surface area contributed by atoms with Crippen molar-refractivity contribution >= 4 is 92.6 Å². The molecule has 0 heterocycles. The minimum Gasteiger partial charge on any atom is -0.339 e. The lowest BCUT2D eigenvalue weighted by Crippen LogP contribution is -2.56. The number of benzene rings is 2. The van der Waals surface area contributed by atoms with Crippen molar-refractivity contribution < 1.29 is 9.72 Å². The van der Waals surface area contributed by atoms with Gasteiger partial charge < -0.3 is 16.0 Å². The lowest BCUT2D eigenvalue weighted by molar-refractivity contribution is -0.385. The Bertz CT molecular complexity index is 954. The van der Waals surface area contributed by atoms with Gasteiger partial charge in [-0.25, -0.2) is 0 Å². The molecule has 0 spiro atoms. The van der Waals surface area contributed by atoms with Gasteiger partial charge >= 0.3 is 0 Å². The Labute approximate surface area is 195 Å². The fourth-order valence-corrected chi connectivity index (χ4v) is 3.01. The van der Waals surface area contributed by atoms with E-state index in [1.807, 2.05) is 0 Å². The van der Waals surface area contributed by atoms with Crippen LogP contribution in [-0.2, 0) is 0 Å². The lowest BCUT2D eigenvalue weighted by Gasteiger charge is -2.27. The van der Waals surface area contributed by atoms with Crippen molar-refractivity contribution in [3.63, 3.8) is 0 Å². The van der Waals surface area contributed by atoms with E-state index in [4.69, 9.17) is 70.2 Å². The summed E-state index contributed by atoms with van der Waals surface area (Å²) < 4.78 is -2.05. The summed E-state index contributed by atoms with van der Waals surface area (Å²) in [5.41, 5.74) is -0.237. The number of alkyl halides is 3. The van der Waals surface area contributed by atoms with E-state index < -0.39 is 26.5 Å². The molecule has 2 aromatic carbocycles. The number of nitrogens with zero attached hydrogens (tertiary/aromatic N) is 1. The first-order valence-corrected chi connectivity index (χ1v) is 9.92. The van der Waals surface area contributed by atoms with Gasteiger partial charge in [0, 0.05) is 11.1 Å². The molecule has 0 radical (unpaired) electrons. The number of nitro benzene ring substituents is 1. The van der Waals surface area contributed by atoms with E-state index in [2.05, 4.69) is 16.0 Å². The predicted molar refractivity (Wildman–Crippen MR) is 120 cm³/mol. The molecule has 0 saturated carbocycles. The summed E-state index contributed by atoms with van der Waals surface area (Å²) in [6.07, 6.45) is -1.34. The Morgan fingerprint density at radius 3 is 2.38 bits per heavy atom. The van der Waals surface area contributed by atoms with Gasteiger partial charge in [-0.15, -0.1) is 0 Å². The number of halogens is 5. The van der Waals surface area contributed by atoms with Crippen LogP contribution in [0.3, 0.4) is 0 Å². The normalized spacial score (nSPS) is 12.0. The highest BCUT2D eigenvalue weighted by Gasteiger charge is 2.36. The van der Waals surface area contributed by atoms with Crippen molar-refractivity contribution in [2.45, 2.75) is 9.96 Å². The number of rotatable bonds is 5. The first-order chi connectivity index (χ1) is 13.5. The zero-order valence-corrected chi connectivity index (χ0v) is 18.7. The van der Waals surface area contributed by atoms with Gasteiger partial charge in [-0.1, -0.05) is 70.1 Å². The quantitative estimate of drug-likeness (QED) is 0.164. The molecule has 29 heavy (non-hydrogen) atoms. The van der Waals surface area contributed by atoms with Crippen LogP contribution in [0.15, 0.2) is 42.5 Å². The van der Waals surface area contributed by atoms with Gasteiger partial charge in [-0.05, 0) is 36.5 Å². The summed E-state index contributed by atoms with van der Waals surface area (Å²) in [4.78, 5) is 23.0. The summed E-state index contributed by atoms with van der Waals surface area (Å²) in [5.74, 6) is -0.843. The lowest BCUT2D eigenvalue weighted by atomic mass is 10.1. The maximum atomic E-state index is 12.5. The molecule has 1 amide bonds. The highest BCUT2D eigenvalue weighted by Crippen LogP contribution is 2.30. The average molecular weight is 517 g/mol. The van der Waals surface area contributed by atoms with Crippen LogP contribution in [0, 0.1) is 10.1 Å². The highest BCUT2D eigenvalue weighted by atomic mass is 35.6. The molecule has 13 heteroatoms.